The normalized spacial score (nSPS) is 13.2. The summed E-state index contributed by atoms with van der Waals surface area (Å²) in [6.45, 7) is 3.90. The van der Waals surface area contributed by atoms with Crippen LogP contribution in [0.15, 0.2) is 47.8 Å². The number of benzene rings is 2. The van der Waals surface area contributed by atoms with E-state index in [0.29, 0.717) is 40.5 Å². The minimum Gasteiger partial charge on any atom is -0.493 e. The SMILES string of the molecule is COc1cc(C2=C(c3cn(CCCNCCNCCN=O)c4ccccc34)C(=O)NC2=O)cc(OC)c1OC. The van der Waals surface area contributed by atoms with Gasteiger partial charge in [-0.25, -0.2) is 0 Å². The Morgan fingerprint density at radius 2 is 1.54 bits per heavy atom. The first-order valence-electron chi connectivity index (χ1n) is 12.7. The van der Waals surface area contributed by atoms with Gasteiger partial charge in [0.2, 0.25) is 5.75 Å². The van der Waals surface area contributed by atoms with Crippen molar-refractivity contribution in [2.24, 2.45) is 5.18 Å². The van der Waals surface area contributed by atoms with Crippen molar-refractivity contribution in [1.29, 1.82) is 0 Å². The van der Waals surface area contributed by atoms with E-state index in [9.17, 15) is 14.5 Å². The molecule has 1 aliphatic heterocycles. The van der Waals surface area contributed by atoms with Crippen LogP contribution in [0.25, 0.3) is 22.0 Å². The second-order valence-electron chi connectivity index (χ2n) is 8.91. The molecule has 1 aromatic heterocycles. The maximum Gasteiger partial charge on any atom is 0.259 e. The fourth-order valence-electron chi connectivity index (χ4n) is 4.77. The first-order valence-corrected chi connectivity index (χ1v) is 12.7. The maximum atomic E-state index is 13.2. The number of rotatable bonds is 15. The molecule has 0 fully saturated rings. The van der Waals surface area contributed by atoms with Crippen molar-refractivity contribution in [3.63, 3.8) is 0 Å². The number of carbonyl (C=O) groups excluding carboxylic acids is 2. The summed E-state index contributed by atoms with van der Waals surface area (Å²) >= 11 is 0. The van der Waals surface area contributed by atoms with E-state index in [-0.39, 0.29) is 12.1 Å². The first-order chi connectivity index (χ1) is 19.0. The van der Waals surface area contributed by atoms with Gasteiger partial charge in [0.05, 0.1) is 39.0 Å². The predicted octanol–water partition coefficient (Wildman–Crippen LogP) is 2.57. The van der Waals surface area contributed by atoms with Crippen LogP contribution in [0, 0.1) is 4.91 Å². The Bertz CT molecular complexity index is 1370. The van der Waals surface area contributed by atoms with Gasteiger partial charge < -0.3 is 29.4 Å². The van der Waals surface area contributed by atoms with Crippen LogP contribution in [-0.2, 0) is 16.1 Å². The summed E-state index contributed by atoms with van der Waals surface area (Å²) in [5.41, 5.74) is 2.69. The van der Waals surface area contributed by atoms with Crippen LogP contribution in [0.3, 0.4) is 0 Å². The zero-order valence-corrected chi connectivity index (χ0v) is 22.3. The quantitative estimate of drug-likeness (QED) is 0.154. The summed E-state index contributed by atoms with van der Waals surface area (Å²) in [4.78, 5) is 36.4. The van der Waals surface area contributed by atoms with Gasteiger partial charge in [-0.05, 0) is 36.7 Å². The highest BCUT2D eigenvalue weighted by molar-refractivity contribution is 6.50. The molecule has 2 amide bonds. The van der Waals surface area contributed by atoms with Crippen LogP contribution in [0.5, 0.6) is 17.2 Å². The largest absolute Gasteiger partial charge is 0.493 e. The number of aromatic nitrogens is 1. The second-order valence-corrected chi connectivity index (χ2v) is 8.91. The molecule has 39 heavy (non-hydrogen) atoms. The third-order valence-electron chi connectivity index (χ3n) is 6.55. The molecule has 2 heterocycles. The van der Waals surface area contributed by atoms with Gasteiger partial charge in [-0.3, -0.25) is 14.9 Å². The fourth-order valence-corrected chi connectivity index (χ4v) is 4.77. The van der Waals surface area contributed by atoms with Gasteiger partial charge >= 0.3 is 0 Å². The molecule has 4 rings (SSSR count). The number of imide groups is 1. The minimum atomic E-state index is -0.483. The van der Waals surface area contributed by atoms with Crippen molar-refractivity contribution in [1.82, 2.24) is 20.5 Å². The molecule has 0 saturated heterocycles. The highest BCUT2D eigenvalue weighted by Gasteiger charge is 2.35. The molecule has 11 nitrogen and oxygen atoms in total. The van der Waals surface area contributed by atoms with E-state index >= 15 is 0 Å². The Hall–Kier alpha value is -4.22. The van der Waals surface area contributed by atoms with E-state index in [2.05, 4.69) is 25.7 Å². The standard InChI is InChI=1S/C28H33N5O6/c1-37-22-15-18(16-23(38-2)26(22)39-3)24-25(28(35)32-27(24)34)20-17-33(21-8-5-4-7-19(20)21)14-6-9-29-10-11-30-12-13-31-36/h4-5,7-8,15-17,29-30H,6,9-14H2,1-3H3,(H,32,34,35). The van der Waals surface area contributed by atoms with Crippen molar-refractivity contribution in [2.45, 2.75) is 13.0 Å². The number of hydrogen-bond acceptors (Lipinski definition) is 9. The number of nitroso groups, excluding NO2 is 1. The number of fused-ring (bicyclic) bond motifs is 1. The molecule has 206 valence electrons. The Kier molecular flexibility index (Phi) is 9.29. The minimum absolute atomic E-state index is 0.251. The number of hydrogen-bond donors (Lipinski definition) is 3. The number of nitrogens with zero attached hydrogens (tertiary/aromatic N) is 2. The molecule has 2 aromatic carbocycles. The fraction of sp³-hybridized carbons (Fsp3) is 0.357. The van der Waals surface area contributed by atoms with Crippen LogP contribution in [0.4, 0.5) is 0 Å². The summed E-state index contributed by atoms with van der Waals surface area (Å²) in [5.74, 6) is 0.232. The van der Waals surface area contributed by atoms with Gasteiger partial charge in [-0.15, -0.1) is 0 Å². The first kappa shape index (κ1) is 27.8. The van der Waals surface area contributed by atoms with Gasteiger partial charge in [0.15, 0.2) is 11.5 Å². The van der Waals surface area contributed by atoms with Crippen molar-refractivity contribution < 1.29 is 23.8 Å². The van der Waals surface area contributed by atoms with Crippen LogP contribution >= 0.6 is 0 Å². The van der Waals surface area contributed by atoms with E-state index < -0.39 is 11.8 Å². The smallest absolute Gasteiger partial charge is 0.259 e. The van der Waals surface area contributed by atoms with Crippen LogP contribution in [0.2, 0.25) is 0 Å². The van der Waals surface area contributed by atoms with Gasteiger partial charge in [0.25, 0.3) is 11.8 Å². The zero-order chi connectivity index (χ0) is 27.8. The van der Waals surface area contributed by atoms with E-state index in [1.807, 2.05) is 30.5 Å². The third-order valence-corrected chi connectivity index (χ3v) is 6.55. The summed E-state index contributed by atoms with van der Waals surface area (Å²) < 4.78 is 18.5. The molecule has 0 atom stereocenters. The monoisotopic (exact) mass is 535 g/mol. The van der Waals surface area contributed by atoms with Crippen molar-refractivity contribution in [2.75, 3.05) is 54.1 Å². The molecule has 3 N–H and O–H groups in total. The number of para-hydroxylation sites is 1. The molecular formula is C28H33N5O6. The summed E-state index contributed by atoms with van der Waals surface area (Å²) in [5, 5.41) is 12.7. The number of amides is 2. The van der Waals surface area contributed by atoms with Crippen molar-refractivity contribution in [3.8, 4) is 17.2 Å². The molecule has 3 aromatic rings. The number of aryl methyl sites for hydroxylation is 1. The van der Waals surface area contributed by atoms with Crippen molar-refractivity contribution in [3.05, 3.63) is 58.6 Å². The van der Waals surface area contributed by atoms with Gasteiger partial charge in [0.1, 0.15) is 0 Å². The molecule has 0 spiro atoms. The molecule has 0 saturated carbocycles. The van der Waals surface area contributed by atoms with Gasteiger partial charge in [-0.2, -0.15) is 4.91 Å². The molecule has 0 radical (unpaired) electrons. The molecule has 0 aliphatic carbocycles. The summed E-state index contributed by atoms with van der Waals surface area (Å²) in [7, 11) is 4.51. The predicted molar refractivity (Wildman–Crippen MR) is 149 cm³/mol. The Labute approximate surface area is 226 Å². The highest BCUT2D eigenvalue weighted by atomic mass is 16.5. The Morgan fingerprint density at radius 3 is 2.21 bits per heavy atom. The number of nitrogens with one attached hydrogen (secondary N) is 3. The molecule has 11 heteroatoms. The van der Waals surface area contributed by atoms with E-state index in [4.69, 9.17) is 14.2 Å². The van der Waals surface area contributed by atoms with E-state index in [1.54, 1.807) is 12.1 Å². The summed E-state index contributed by atoms with van der Waals surface area (Å²) in [6.07, 6.45) is 2.79. The number of carbonyl (C=O) groups is 2. The Balaban J connectivity index is 1.64. The third kappa shape index (κ3) is 5.94. The lowest BCUT2D eigenvalue weighted by Gasteiger charge is -2.14. The van der Waals surface area contributed by atoms with Crippen LogP contribution < -0.4 is 30.2 Å². The van der Waals surface area contributed by atoms with Crippen LogP contribution in [-0.4, -0.2) is 70.4 Å². The second kappa shape index (κ2) is 13.0. The van der Waals surface area contributed by atoms with Gasteiger partial charge in [-0.1, -0.05) is 23.4 Å². The average molecular weight is 536 g/mol. The Morgan fingerprint density at radius 1 is 0.872 bits per heavy atom. The van der Waals surface area contributed by atoms with Gasteiger partial charge in [0, 0.05) is 48.8 Å². The highest BCUT2D eigenvalue weighted by Crippen LogP contribution is 2.43. The summed E-state index contributed by atoms with van der Waals surface area (Å²) in [6, 6.07) is 11.2. The van der Waals surface area contributed by atoms with Crippen molar-refractivity contribution >= 4 is 33.9 Å². The van der Waals surface area contributed by atoms with Crippen LogP contribution in [0.1, 0.15) is 17.5 Å². The lowest BCUT2D eigenvalue weighted by Crippen LogP contribution is -2.29. The average Bonchev–Trinajstić information content (AvgIpc) is 3.46. The van der Waals surface area contributed by atoms with E-state index in [0.717, 1.165) is 43.5 Å². The molecule has 1 aliphatic rings. The zero-order valence-electron chi connectivity index (χ0n) is 22.3. The molecule has 0 unspecified atom stereocenters. The molecule has 0 bridgehead atoms. The molecular weight excluding hydrogens is 502 g/mol. The number of methoxy groups -OCH3 is 3. The lowest BCUT2D eigenvalue weighted by atomic mass is 9.95. The number of ether oxygens (including phenoxy) is 3. The van der Waals surface area contributed by atoms with E-state index in [1.165, 1.54) is 21.3 Å². The maximum absolute atomic E-state index is 13.2. The lowest BCUT2D eigenvalue weighted by molar-refractivity contribution is -0.122. The topological polar surface area (TPSA) is 132 Å².